The van der Waals surface area contributed by atoms with Crippen LogP contribution < -0.4 is 9.62 Å². The number of nitrogens with one attached hydrogen (secondary N) is 1. The first-order chi connectivity index (χ1) is 16.9. The molecule has 0 fully saturated rings. The molecule has 0 heterocycles. The minimum Gasteiger partial charge on any atom is -0.355 e. The number of anilines is 1. The smallest absolute Gasteiger partial charge is 0.242 e. The Labute approximate surface area is 220 Å². The van der Waals surface area contributed by atoms with Gasteiger partial charge in [0.2, 0.25) is 21.8 Å². The van der Waals surface area contributed by atoms with E-state index in [1.54, 1.807) is 32.0 Å². The lowest BCUT2D eigenvalue weighted by Crippen LogP contribution is -2.49. The van der Waals surface area contributed by atoms with Gasteiger partial charge in [0.05, 0.1) is 11.9 Å². The Balaban J connectivity index is 2.25. The number of sulfonamides is 1. The van der Waals surface area contributed by atoms with E-state index in [2.05, 4.69) is 5.32 Å². The quantitative estimate of drug-likeness (QED) is 0.403. The van der Waals surface area contributed by atoms with Crippen molar-refractivity contribution in [2.24, 2.45) is 0 Å². The van der Waals surface area contributed by atoms with Gasteiger partial charge in [0.15, 0.2) is 11.6 Å². The zero-order valence-electron chi connectivity index (χ0n) is 20.2. The predicted molar refractivity (Wildman–Crippen MR) is 138 cm³/mol. The summed E-state index contributed by atoms with van der Waals surface area (Å²) in [5.41, 5.74) is 0.541. The van der Waals surface area contributed by atoms with Crippen LogP contribution in [0.4, 0.5) is 14.5 Å². The molecule has 0 bridgehead atoms. The molecule has 0 aromatic heterocycles. The van der Waals surface area contributed by atoms with Crippen molar-refractivity contribution in [2.75, 3.05) is 23.7 Å². The van der Waals surface area contributed by atoms with Gasteiger partial charge in [0.25, 0.3) is 0 Å². The van der Waals surface area contributed by atoms with E-state index in [9.17, 15) is 26.8 Å². The van der Waals surface area contributed by atoms with Crippen LogP contribution >= 0.6 is 23.2 Å². The summed E-state index contributed by atoms with van der Waals surface area (Å²) in [4.78, 5) is 27.4. The number of amides is 2. The van der Waals surface area contributed by atoms with E-state index in [0.717, 1.165) is 28.8 Å². The molecule has 1 atom stereocenters. The lowest BCUT2D eigenvalue weighted by atomic mass is 10.1. The highest BCUT2D eigenvalue weighted by molar-refractivity contribution is 7.92. The summed E-state index contributed by atoms with van der Waals surface area (Å²) in [6.07, 6.45) is 1.25. The number of hydrogen-bond acceptors (Lipinski definition) is 4. The molecule has 0 saturated carbocycles. The van der Waals surface area contributed by atoms with Crippen molar-refractivity contribution in [3.8, 4) is 0 Å². The molecular weight excluding hydrogens is 535 g/mol. The van der Waals surface area contributed by atoms with Crippen molar-refractivity contribution in [1.82, 2.24) is 10.2 Å². The molecule has 2 aromatic rings. The van der Waals surface area contributed by atoms with E-state index in [0.29, 0.717) is 28.6 Å². The molecule has 1 unspecified atom stereocenters. The summed E-state index contributed by atoms with van der Waals surface area (Å²) in [5, 5.41) is 3.49. The number of rotatable bonds is 12. The highest BCUT2D eigenvalue weighted by Gasteiger charge is 2.29. The van der Waals surface area contributed by atoms with Crippen molar-refractivity contribution in [3.05, 3.63) is 63.6 Å². The van der Waals surface area contributed by atoms with Gasteiger partial charge in [0, 0.05) is 42.2 Å². The second-order valence-electron chi connectivity index (χ2n) is 8.11. The maximum atomic E-state index is 13.7. The minimum atomic E-state index is -3.84. The fourth-order valence-electron chi connectivity index (χ4n) is 3.69. The fraction of sp³-hybridized carbons (Fsp3) is 0.417. The van der Waals surface area contributed by atoms with Crippen LogP contribution in [0.25, 0.3) is 0 Å². The summed E-state index contributed by atoms with van der Waals surface area (Å²) in [6.45, 7) is 3.83. The second kappa shape index (κ2) is 13.2. The lowest BCUT2D eigenvalue weighted by molar-refractivity contribution is -0.141. The summed E-state index contributed by atoms with van der Waals surface area (Å²) in [7, 11) is -3.84. The molecule has 36 heavy (non-hydrogen) atoms. The first-order valence-electron chi connectivity index (χ1n) is 11.3. The van der Waals surface area contributed by atoms with Crippen molar-refractivity contribution < 1.29 is 26.8 Å². The molecule has 0 aliphatic heterocycles. The number of hydrogen-bond donors (Lipinski definition) is 1. The molecule has 0 radical (unpaired) electrons. The van der Waals surface area contributed by atoms with Crippen LogP contribution in [0.2, 0.25) is 10.0 Å². The largest absolute Gasteiger partial charge is 0.355 e. The molecule has 0 aliphatic carbocycles. The molecule has 0 saturated heterocycles. The Kier molecular flexibility index (Phi) is 10.9. The summed E-state index contributed by atoms with van der Waals surface area (Å²) in [5.74, 6) is -3.00. The van der Waals surface area contributed by atoms with E-state index in [4.69, 9.17) is 23.2 Å². The Morgan fingerprint density at radius 2 is 1.75 bits per heavy atom. The van der Waals surface area contributed by atoms with Crippen molar-refractivity contribution in [1.29, 1.82) is 0 Å². The van der Waals surface area contributed by atoms with Crippen LogP contribution in [0.1, 0.15) is 38.7 Å². The van der Waals surface area contributed by atoms with Crippen molar-refractivity contribution in [3.63, 3.8) is 0 Å². The van der Waals surface area contributed by atoms with Gasteiger partial charge in [-0.05, 0) is 49.6 Å². The van der Waals surface area contributed by atoms with Gasteiger partial charge in [-0.1, -0.05) is 36.2 Å². The third kappa shape index (κ3) is 8.04. The van der Waals surface area contributed by atoms with Crippen LogP contribution in [0.3, 0.4) is 0 Å². The van der Waals surface area contributed by atoms with Gasteiger partial charge in [-0.3, -0.25) is 13.9 Å². The molecule has 12 heteroatoms. The lowest BCUT2D eigenvalue weighted by Gasteiger charge is -2.31. The molecule has 198 valence electrons. The molecule has 2 aromatic carbocycles. The number of nitrogens with zero attached hydrogens (tertiary/aromatic N) is 2. The van der Waals surface area contributed by atoms with Crippen LogP contribution in [0, 0.1) is 11.6 Å². The summed E-state index contributed by atoms with van der Waals surface area (Å²) >= 11 is 12.3. The molecule has 7 nitrogen and oxygen atoms in total. The first-order valence-corrected chi connectivity index (χ1v) is 13.9. The SMILES string of the molecule is CCNC(=O)C(CC)N(Cc1ccc(Cl)cc1Cl)C(=O)CCCN(c1ccc(F)c(F)c1)S(C)(=O)=O. The van der Waals surface area contributed by atoms with E-state index in [1.165, 1.54) is 4.90 Å². The van der Waals surface area contributed by atoms with E-state index >= 15 is 0 Å². The fourth-order valence-corrected chi connectivity index (χ4v) is 5.11. The third-order valence-corrected chi connectivity index (χ3v) is 7.22. The second-order valence-corrected chi connectivity index (χ2v) is 10.9. The minimum absolute atomic E-state index is 0.0451. The van der Waals surface area contributed by atoms with Crippen LogP contribution in [0.5, 0.6) is 0 Å². The predicted octanol–water partition coefficient (Wildman–Crippen LogP) is 4.76. The van der Waals surface area contributed by atoms with Gasteiger partial charge in [0.1, 0.15) is 6.04 Å². The average Bonchev–Trinajstić information content (AvgIpc) is 2.79. The normalized spacial score (nSPS) is 12.2. The number of benzene rings is 2. The highest BCUT2D eigenvalue weighted by atomic mass is 35.5. The van der Waals surface area contributed by atoms with Crippen LogP contribution in [-0.2, 0) is 26.2 Å². The maximum Gasteiger partial charge on any atom is 0.242 e. The van der Waals surface area contributed by atoms with E-state index < -0.39 is 33.6 Å². The molecule has 2 rings (SSSR count). The van der Waals surface area contributed by atoms with Gasteiger partial charge in [-0.25, -0.2) is 17.2 Å². The monoisotopic (exact) mass is 563 g/mol. The summed E-state index contributed by atoms with van der Waals surface area (Å²) < 4.78 is 52.5. The topological polar surface area (TPSA) is 86.8 Å². The average molecular weight is 564 g/mol. The Hall–Kier alpha value is -2.43. The molecule has 2 amide bonds. The zero-order valence-corrected chi connectivity index (χ0v) is 22.6. The van der Waals surface area contributed by atoms with Crippen molar-refractivity contribution in [2.45, 2.75) is 45.7 Å². The summed E-state index contributed by atoms with van der Waals surface area (Å²) in [6, 6.07) is 6.84. The standard InChI is InChI=1S/C24H29Cl2F2N3O4S/c1-4-22(24(33)29-5-2)30(15-16-8-9-17(25)13-19(16)26)23(32)7-6-12-31(36(3,34)35)18-10-11-20(27)21(28)14-18/h8-11,13-14,22H,4-7,12,15H2,1-3H3,(H,29,33). The molecule has 0 aliphatic rings. The van der Waals surface area contributed by atoms with E-state index in [1.807, 2.05) is 0 Å². The molecule has 0 spiro atoms. The van der Waals surface area contributed by atoms with Gasteiger partial charge in [-0.2, -0.15) is 0 Å². The van der Waals surface area contributed by atoms with Gasteiger partial charge < -0.3 is 10.2 Å². The van der Waals surface area contributed by atoms with Crippen molar-refractivity contribution >= 4 is 50.7 Å². The molecular formula is C24H29Cl2F2N3O4S. The van der Waals surface area contributed by atoms with Gasteiger partial charge >= 0.3 is 0 Å². The number of carbonyl (C=O) groups is 2. The Morgan fingerprint density at radius 1 is 1.06 bits per heavy atom. The Morgan fingerprint density at radius 3 is 2.31 bits per heavy atom. The molecule has 1 N–H and O–H groups in total. The van der Waals surface area contributed by atoms with Gasteiger partial charge in [-0.15, -0.1) is 0 Å². The van der Waals surface area contributed by atoms with E-state index in [-0.39, 0.29) is 37.5 Å². The highest BCUT2D eigenvalue weighted by Crippen LogP contribution is 2.25. The number of halogens is 4. The Bertz CT molecular complexity index is 1200. The number of carbonyl (C=O) groups excluding carboxylic acids is 2. The zero-order chi connectivity index (χ0) is 27.0. The maximum absolute atomic E-state index is 13.7. The first kappa shape index (κ1) is 29.8. The third-order valence-electron chi connectivity index (χ3n) is 5.44. The van der Waals surface area contributed by atoms with Crippen LogP contribution in [-0.4, -0.2) is 50.5 Å². The van der Waals surface area contributed by atoms with Crippen LogP contribution in [0.15, 0.2) is 36.4 Å². The number of likely N-dealkylation sites (N-methyl/N-ethyl adjacent to an activating group) is 1.